The van der Waals surface area contributed by atoms with E-state index in [1.165, 1.54) is 11.1 Å². The molecule has 0 radical (unpaired) electrons. The van der Waals surface area contributed by atoms with Gasteiger partial charge in [0.1, 0.15) is 0 Å². The first-order valence-corrected chi connectivity index (χ1v) is 7.87. The zero-order valence-electron chi connectivity index (χ0n) is 10.4. The highest BCUT2D eigenvalue weighted by Gasteiger charge is 2.30. The van der Waals surface area contributed by atoms with Gasteiger partial charge in [0, 0.05) is 11.6 Å². The summed E-state index contributed by atoms with van der Waals surface area (Å²) in [5.41, 5.74) is 8.59. The summed E-state index contributed by atoms with van der Waals surface area (Å²) < 4.78 is 24.6. The van der Waals surface area contributed by atoms with Crippen molar-refractivity contribution in [2.24, 2.45) is 0 Å². The van der Waals surface area contributed by atoms with Gasteiger partial charge in [-0.25, -0.2) is 8.42 Å². The summed E-state index contributed by atoms with van der Waals surface area (Å²) in [5.74, 6) is 0.298. The summed E-state index contributed by atoms with van der Waals surface area (Å²) in [7, 11) is -3.24. The van der Waals surface area contributed by atoms with Crippen molar-refractivity contribution in [2.45, 2.75) is 17.2 Å². The lowest BCUT2D eigenvalue weighted by atomic mass is 9.79. The zero-order chi connectivity index (χ0) is 13.5. The van der Waals surface area contributed by atoms with Gasteiger partial charge in [0.15, 0.2) is 9.84 Å². The lowest BCUT2D eigenvalue weighted by molar-refractivity contribution is 0.577. The monoisotopic (exact) mass is 273 g/mol. The molecule has 0 spiro atoms. The van der Waals surface area contributed by atoms with E-state index in [0.29, 0.717) is 10.6 Å². The molecule has 1 aliphatic rings. The molecule has 19 heavy (non-hydrogen) atoms. The van der Waals surface area contributed by atoms with Gasteiger partial charge in [-0.05, 0) is 41.8 Å². The minimum atomic E-state index is -3.24. The molecule has 0 aliphatic heterocycles. The van der Waals surface area contributed by atoms with Crippen LogP contribution in [0.2, 0.25) is 0 Å². The van der Waals surface area contributed by atoms with Crippen LogP contribution in [0.15, 0.2) is 53.4 Å². The topological polar surface area (TPSA) is 60.2 Å². The van der Waals surface area contributed by atoms with Crippen LogP contribution in [-0.2, 0) is 16.3 Å². The van der Waals surface area contributed by atoms with Crippen molar-refractivity contribution in [1.29, 1.82) is 0 Å². The largest absolute Gasteiger partial charge is 0.399 e. The first-order valence-electron chi connectivity index (χ1n) is 6.22. The number of nitrogen functional groups attached to an aromatic ring is 1. The molecule has 4 heteroatoms. The maximum atomic E-state index is 12.3. The Morgan fingerprint density at radius 2 is 1.74 bits per heavy atom. The summed E-state index contributed by atoms with van der Waals surface area (Å²) in [6, 6.07) is 14.4. The number of hydrogen-bond acceptors (Lipinski definition) is 3. The van der Waals surface area contributed by atoms with Crippen molar-refractivity contribution in [3.8, 4) is 0 Å². The molecule has 3 rings (SSSR count). The molecule has 0 amide bonds. The fourth-order valence-electron chi connectivity index (χ4n) is 2.55. The highest BCUT2D eigenvalue weighted by Crippen LogP contribution is 2.36. The second-order valence-corrected chi connectivity index (χ2v) is 6.98. The van der Waals surface area contributed by atoms with Gasteiger partial charge in [-0.3, -0.25) is 0 Å². The standard InChI is InChI=1S/C15H15NO2S/c16-13-5-7-14(8-6-13)19(17,18)10-12-9-11-3-1-2-4-15(11)12/h1-8,12H,9-10,16H2. The van der Waals surface area contributed by atoms with E-state index in [1.54, 1.807) is 24.3 Å². The van der Waals surface area contributed by atoms with Gasteiger partial charge >= 0.3 is 0 Å². The first-order chi connectivity index (χ1) is 9.06. The van der Waals surface area contributed by atoms with Gasteiger partial charge in [-0.2, -0.15) is 0 Å². The van der Waals surface area contributed by atoms with E-state index in [2.05, 4.69) is 6.07 Å². The Hall–Kier alpha value is -1.81. The van der Waals surface area contributed by atoms with Crippen molar-refractivity contribution in [3.63, 3.8) is 0 Å². The van der Waals surface area contributed by atoms with Crippen molar-refractivity contribution in [2.75, 3.05) is 11.5 Å². The second-order valence-electron chi connectivity index (χ2n) is 4.95. The van der Waals surface area contributed by atoms with E-state index < -0.39 is 9.84 Å². The molecule has 2 aromatic rings. The van der Waals surface area contributed by atoms with Gasteiger partial charge in [-0.1, -0.05) is 24.3 Å². The summed E-state index contributed by atoms with van der Waals surface area (Å²) in [5, 5.41) is 0. The van der Waals surface area contributed by atoms with E-state index in [0.717, 1.165) is 6.42 Å². The van der Waals surface area contributed by atoms with E-state index >= 15 is 0 Å². The summed E-state index contributed by atoms with van der Waals surface area (Å²) in [6.45, 7) is 0. The fourth-order valence-corrected chi connectivity index (χ4v) is 4.12. The third kappa shape index (κ3) is 2.24. The number of anilines is 1. The molecular weight excluding hydrogens is 258 g/mol. The number of fused-ring (bicyclic) bond motifs is 1. The number of sulfone groups is 1. The average molecular weight is 273 g/mol. The zero-order valence-corrected chi connectivity index (χ0v) is 11.2. The molecule has 2 N–H and O–H groups in total. The lowest BCUT2D eigenvalue weighted by Crippen LogP contribution is -2.25. The normalized spacial score (nSPS) is 17.6. The van der Waals surface area contributed by atoms with Crippen LogP contribution in [0.4, 0.5) is 5.69 Å². The van der Waals surface area contributed by atoms with Crippen molar-refractivity contribution in [3.05, 3.63) is 59.7 Å². The van der Waals surface area contributed by atoms with Gasteiger partial charge in [-0.15, -0.1) is 0 Å². The number of nitrogens with two attached hydrogens (primary N) is 1. The quantitative estimate of drug-likeness (QED) is 0.873. The first kappa shape index (κ1) is 12.2. The summed E-state index contributed by atoms with van der Waals surface area (Å²) in [6.07, 6.45) is 0.852. The van der Waals surface area contributed by atoms with Crippen molar-refractivity contribution in [1.82, 2.24) is 0 Å². The Balaban J connectivity index is 1.83. The van der Waals surface area contributed by atoms with Crippen LogP contribution in [0.1, 0.15) is 17.0 Å². The maximum Gasteiger partial charge on any atom is 0.178 e. The molecule has 0 fully saturated rings. The van der Waals surface area contributed by atoms with Crippen LogP contribution in [-0.4, -0.2) is 14.2 Å². The third-order valence-corrected chi connectivity index (χ3v) is 5.45. The minimum Gasteiger partial charge on any atom is -0.399 e. The van der Waals surface area contributed by atoms with Crippen molar-refractivity contribution < 1.29 is 8.42 Å². The number of hydrogen-bond donors (Lipinski definition) is 1. The van der Waals surface area contributed by atoms with Crippen LogP contribution < -0.4 is 5.73 Å². The number of rotatable bonds is 3. The van der Waals surface area contributed by atoms with Crippen LogP contribution in [0.25, 0.3) is 0 Å². The smallest absolute Gasteiger partial charge is 0.178 e. The molecule has 1 atom stereocenters. The minimum absolute atomic E-state index is 0.124. The summed E-state index contributed by atoms with van der Waals surface area (Å²) in [4.78, 5) is 0.353. The molecule has 1 unspecified atom stereocenters. The van der Waals surface area contributed by atoms with E-state index in [4.69, 9.17) is 5.73 Å². The maximum absolute atomic E-state index is 12.3. The van der Waals surface area contributed by atoms with Gasteiger partial charge in [0.2, 0.25) is 0 Å². The molecule has 0 aromatic heterocycles. The fraction of sp³-hybridized carbons (Fsp3) is 0.200. The van der Waals surface area contributed by atoms with Crippen LogP contribution in [0.5, 0.6) is 0 Å². The molecule has 0 bridgehead atoms. The van der Waals surface area contributed by atoms with Crippen LogP contribution in [0, 0.1) is 0 Å². The third-order valence-electron chi connectivity index (χ3n) is 3.62. The van der Waals surface area contributed by atoms with Crippen molar-refractivity contribution >= 4 is 15.5 Å². The van der Waals surface area contributed by atoms with Crippen LogP contribution in [0.3, 0.4) is 0 Å². The van der Waals surface area contributed by atoms with Crippen LogP contribution >= 0.6 is 0 Å². The highest BCUT2D eigenvalue weighted by atomic mass is 32.2. The van der Waals surface area contributed by atoms with Gasteiger partial charge in [0.05, 0.1) is 10.6 Å². The molecule has 2 aromatic carbocycles. The molecule has 0 saturated carbocycles. The molecule has 0 saturated heterocycles. The Morgan fingerprint density at radius 1 is 1.05 bits per heavy atom. The summed E-state index contributed by atoms with van der Waals surface area (Å²) >= 11 is 0. The molecule has 0 heterocycles. The predicted molar refractivity (Wildman–Crippen MR) is 75.8 cm³/mol. The number of benzene rings is 2. The van der Waals surface area contributed by atoms with E-state index in [1.807, 2.05) is 18.2 Å². The Morgan fingerprint density at radius 3 is 2.42 bits per heavy atom. The highest BCUT2D eigenvalue weighted by molar-refractivity contribution is 7.91. The molecule has 3 nitrogen and oxygen atoms in total. The van der Waals surface area contributed by atoms with E-state index in [9.17, 15) is 8.42 Å². The Kier molecular flexibility index (Phi) is 2.82. The molecule has 1 aliphatic carbocycles. The van der Waals surface area contributed by atoms with Gasteiger partial charge in [0.25, 0.3) is 0 Å². The SMILES string of the molecule is Nc1ccc(S(=O)(=O)CC2Cc3ccccc32)cc1. The second kappa shape index (κ2) is 4.38. The molecular formula is C15H15NO2S. The van der Waals surface area contributed by atoms with E-state index in [-0.39, 0.29) is 11.7 Å². The average Bonchev–Trinajstić information content (AvgIpc) is 2.37. The Labute approximate surface area is 113 Å². The lowest BCUT2D eigenvalue weighted by Gasteiger charge is -2.29. The molecule has 98 valence electrons. The Bertz CT molecular complexity index is 705. The predicted octanol–water partition coefficient (Wildman–Crippen LogP) is 2.38. The van der Waals surface area contributed by atoms with Gasteiger partial charge < -0.3 is 5.73 Å².